The minimum Gasteiger partial charge on any atom is -0.383 e. The van der Waals surface area contributed by atoms with E-state index in [1.54, 1.807) is 18.1 Å². The van der Waals surface area contributed by atoms with Crippen molar-refractivity contribution in [3.8, 4) is 0 Å². The highest BCUT2D eigenvalue weighted by Gasteiger charge is 2.52. The highest BCUT2D eigenvalue weighted by atomic mass is 19.1. The summed E-state index contributed by atoms with van der Waals surface area (Å²) < 4.78 is 24.6. The smallest absolute Gasteiger partial charge is 0.256 e. The van der Waals surface area contributed by atoms with Crippen molar-refractivity contribution in [2.24, 2.45) is 0 Å². The van der Waals surface area contributed by atoms with Crippen molar-refractivity contribution in [3.05, 3.63) is 35.6 Å². The van der Waals surface area contributed by atoms with Crippen LogP contribution in [0.4, 0.5) is 4.39 Å². The third-order valence-corrected chi connectivity index (χ3v) is 5.09. The summed E-state index contributed by atoms with van der Waals surface area (Å²) in [6.07, 6.45) is 4.33. The Hall–Kier alpha value is -1.99. The number of benzene rings is 1. The van der Waals surface area contributed by atoms with Crippen molar-refractivity contribution in [1.29, 1.82) is 0 Å². The molecule has 1 heterocycles. The van der Waals surface area contributed by atoms with Crippen LogP contribution in [-0.4, -0.2) is 55.3 Å². The van der Waals surface area contributed by atoms with Gasteiger partial charge in [-0.3, -0.25) is 14.5 Å². The number of carbonyl (C=O) groups excluding carboxylic acids is 2. The molecule has 1 saturated carbocycles. The largest absolute Gasteiger partial charge is 0.383 e. The fourth-order valence-corrected chi connectivity index (χ4v) is 3.83. The number of carbonyl (C=O) groups is 2. The van der Waals surface area contributed by atoms with Crippen LogP contribution < -0.4 is 5.32 Å². The number of hydrogen-bond acceptors (Lipinski definition) is 4. The molecular weight excluding hydrogens is 339 g/mol. The second-order valence-corrected chi connectivity index (χ2v) is 6.80. The Morgan fingerprint density at radius 2 is 2.12 bits per heavy atom. The van der Waals surface area contributed by atoms with Gasteiger partial charge in [-0.25, -0.2) is 4.39 Å². The van der Waals surface area contributed by atoms with Gasteiger partial charge in [0.15, 0.2) is 0 Å². The van der Waals surface area contributed by atoms with Crippen LogP contribution in [0.1, 0.15) is 42.5 Å². The van der Waals surface area contributed by atoms with Gasteiger partial charge in [-0.2, -0.15) is 0 Å². The van der Waals surface area contributed by atoms with Gasteiger partial charge < -0.3 is 14.8 Å². The summed E-state index contributed by atoms with van der Waals surface area (Å²) in [5.74, 6) is -1.11. The number of rotatable bonds is 5. The van der Waals surface area contributed by atoms with Gasteiger partial charge in [0.05, 0.1) is 13.2 Å². The van der Waals surface area contributed by atoms with Crippen molar-refractivity contribution < 1.29 is 23.5 Å². The maximum absolute atomic E-state index is 13.6. The summed E-state index contributed by atoms with van der Waals surface area (Å²) in [6.45, 7) is 0.906. The van der Waals surface area contributed by atoms with Gasteiger partial charge in [0.25, 0.3) is 5.91 Å². The van der Waals surface area contributed by atoms with Crippen molar-refractivity contribution in [1.82, 2.24) is 10.2 Å². The molecule has 0 radical (unpaired) electrons. The zero-order valence-electron chi connectivity index (χ0n) is 15.0. The minimum absolute atomic E-state index is 0.153. The summed E-state index contributed by atoms with van der Waals surface area (Å²) in [5.41, 5.74) is -0.541. The standard InChI is InChI=1S/C19H25FN2O4/c1-25-11-10-21-17(23)16-13-26-19(8-3-2-4-9-19)22(16)18(24)14-6-5-7-15(20)12-14/h5-7,12,16H,2-4,8-11,13H2,1H3,(H,21,23)/t16-/m0/s1. The molecule has 1 aliphatic heterocycles. The summed E-state index contributed by atoms with van der Waals surface area (Å²) in [4.78, 5) is 27.4. The molecular formula is C19H25FN2O4. The number of halogens is 1. The van der Waals surface area contributed by atoms with Crippen molar-refractivity contribution in [3.63, 3.8) is 0 Å². The topological polar surface area (TPSA) is 67.9 Å². The third-order valence-electron chi connectivity index (χ3n) is 5.09. The molecule has 1 saturated heterocycles. The number of nitrogens with one attached hydrogen (secondary N) is 1. The number of nitrogens with zero attached hydrogens (tertiary/aromatic N) is 1. The molecule has 26 heavy (non-hydrogen) atoms. The normalized spacial score (nSPS) is 21.8. The first-order chi connectivity index (χ1) is 12.6. The number of amides is 2. The van der Waals surface area contributed by atoms with Gasteiger partial charge in [-0.15, -0.1) is 0 Å². The summed E-state index contributed by atoms with van der Waals surface area (Å²) in [6, 6.07) is 4.85. The summed E-state index contributed by atoms with van der Waals surface area (Å²) in [5, 5.41) is 2.78. The Bertz CT molecular complexity index is 661. The van der Waals surface area contributed by atoms with Gasteiger partial charge >= 0.3 is 0 Å². The molecule has 1 N–H and O–H groups in total. The van der Waals surface area contributed by atoms with E-state index in [0.29, 0.717) is 26.0 Å². The first-order valence-electron chi connectivity index (χ1n) is 9.07. The molecule has 1 aliphatic carbocycles. The van der Waals surface area contributed by atoms with E-state index < -0.39 is 17.6 Å². The number of methoxy groups -OCH3 is 1. The lowest BCUT2D eigenvalue weighted by Crippen LogP contribution is -2.56. The van der Waals surface area contributed by atoms with Crippen LogP contribution in [0.25, 0.3) is 0 Å². The van der Waals surface area contributed by atoms with Gasteiger partial charge in [0, 0.05) is 19.2 Å². The zero-order chi connectivity index (χ0) is 18.6. The molecule has 0 aromatic heterocycles. The molecule has 1 aromatic rings. The van der Waals surface area contributed by atoms with Gasteiger partial charge in [0.2, 0.25) is 5.91 Å². The van der Waals surface area contributed by atoms with E-state index in [0.717, 1.165) is 19.3 Å². The molecule has 2 amide bonds. The predicted octanol–water partition coefficient (Wildman–Crippen LogP) is 2.09. The first kappa shape index (κ1) is 18.8. The number of ether oxygens (including phenoxy) is 2. The fraction of sp³-hybridized carbons (Fsp3) is 0.579. The van der Waals surface area contributed by atoms with Crippen LogP contribution in [0.2, 0.25) is 0 Å². The van der Waals surface area contributed by atoms with Gasteiger partial charge in [0.1, 0.15) is 17.6 Å². The molecule has 2 aliphatic rings. The third kappa shape index (κ3) is 3.73. The quantitative estimate of drug-likeness (QED) is 0.813. The zero-order valence-corrected chi connectivity index (χ0v) is 15.0. The van der Waals surface area contributed by atoms with E-state index >= 15 is 0 Å². The van der Waals surface area contributed by atoms with Crippen molar-refractivity contribution in [2.45, 2.75) is 43.9 Å². The van der Waals surface area contributed by atoms with Crippen LogP contribution >= 0.6 is 0 Å². The van der Waals surface area contributed by atoms with E-state index in [4.69, 9.17) is 9.47 Å². The average Bonchev–Trinajstić information content (AvgIpc) is 3.00. The fourth-order valence-electron chi connectivity index (χ4n) is 3.83. The highest BCUT2D eigenvalue weighted by molar-refractivity contribution is 5.98. The predicted molar refractivity (Wildman–Crippen MR) is 93.0 cm³/mol. The molecule has 6 nitrogen and oxygen atoms in total. The monoisotopic (exact) mass is 364 g/mol. The lowest BCUT2D eigenvalue weighted by molar-refractivity contribution is -0.127. The maximum Gasteiger partial charge on any atom is 0.256 e. The molecule has 0 bridgehead atoms. The lowest BCUT2D eigenvalue weighted by Gasteiger charge is -2.41. The SMILES string of the molecule is COCCNC(=O)[C@@H]1COC2(CCCCC2)N1C(=O)c1cccc(F)c1. The first-order valence-corrected chi connectivity index (χ1v) is 9.07. The molecule has 3 rings (SSSR count). The molecule has 142 valence electrons. The number of hydrogen-bond donors (Lipinski definition) is 1. The lowest BCUT2D eigenvalue weighted by atomic mass is 9.89. The molecule has 2 fully saturated rings. The van der Waals surface area contributed by atoms with Gasteiger partial charge in [-0.1, -0.05) is 12.5 Å². The van der Waals surface area contributed by atoms with Crippen LogP contribution in [-0.2, 0) is 14.3 Å². The average molecular weight is 364 g/mol. The second kappa shape index (κ2) is 8.14. The molecule has 1 atom stereocenters. The van der Waals surface area contributed by atoms with E-state index in [1.807, 2.05) is 0 Å². The molecule has 7 heteroatoms. The maximum atomic E-state index is 13.6. The van der Waals surface area contributed by atoms with Crippen molar-refractivity contribution in [2.75, 3.05) is 26.9 Å². The summed E-state index contributed by atoms with van der Waals surface area (Å²) in [7, 11) is 1.56. The minimum atomic E-state index is -0.773. The molecule has 1 spiro atoms. The van der Waals surface area contributed by atoms with Crippen molar-refractivity contribution >= 4 is 11.8 Å². The van der Waals surface area contributed by atoms with Crippen LogP contribution in [0.3, 0.4) is 0 Å². The van der Waals surface area contributed by atoms with E-state index in [1.165, 1.54) is 18.2 Å². The second-order valence-electron chi connectivity index (χ2n) is 6.80. The Morgan fingerprint density at radius 3 is 2.81 bits per heavy atom. The van der Waals surface area contributed by atoms with E-state index in [9.17, 15) is 14.0 Å². The van der Waals surface area contributed by atoms with E-state index in [2.05, 4.69) is 5.32 Å². The molecule has 1 aromatic carbocycles. The Kier molecular flexibility index (Phi) is 5.88. The Labute approximate surface area is 152 Å². The molecule has 0 unspecified atom stereocenters. The van der Waals surface area contributed by atoms with Gasteiger partial charge in [-0.05, 0) is 43.9 Å². The van der Waals surface area contributed by atoms with Crippen LogP contribution in [0.15, 0.2) is 24.3 Å². The Balaban J connectivity index is 1.87. The van der Waals surface area contributed by atoms with Crippen LogP contribution in [0, 0.1) is 5.82 Å². The highest BCUT2D eigenvalue weighted by Crippen LogP contribution is 2.41. The Morgan fingerprint density at radius 1 is 1.35 bits per heavy atom. The van der Waals surface area contributed by atoms with Crippen LogP contribution in [0.5, 0.6) is 0 Å². The summed E-state index contributed by atoms with van der Waals surface area (Å²) >= 11 is 0. The van der Waals surface area contributed by atoms with E-state index in [-0.39, 0.29) is 24.0 Å².